The number of hydrogen-bond donors (Lipinski definition) is 1. The summed E-state index contributed by atoms with van der Waals surface area (Å²) in [5, 5.41) is 2.80. The van der Waals surface area contributed by atoms with Crippen LogP contribution < -0.4 is 5.32 Å². The quantitative estimate of drug-likeness (QED) is 0.830. The van der Waals surface area contributed by atoms with Crippen LogP contribution in [0.25, 0.3) is 0 Å². The minimum Gasteiger partial charge on any atom is -0.444 e. The standard InChI is InChI=1S/C11H19F3N2O2/c1-11(2,3)18-10(17)16-5-4-15-6-7(16)8(12)9(13)14/h7-9,15H,4-6H2,1-3H3. The Kier molecular flexibility index (Phi) is 4.84. The molecule has 4 nitrogen and oxygen atoms in total. The number of amides is 1. The molecular formula is C11H19F3N2O2. The molecule has 1 aliphatic rings. The first-order valence-corrected chi connectivity index (χ1v) is 5.85. The molecular weight excluding hydrogens is 249 g/mol. The van der Waals surface area contributed by atoms with Gasteiger partial charge in [0.25, 0.3) is 6.43 Å². The Morgan fingerprint density at radius 2 is 2.00 bits per heavy atom. The second kappa shape index (κ2) is 5.77. The molecule has 1 rings (SSSR count). The molecule has 1 amide bonds. The summed E-state index contributed by atoms with van der Waals surface area (Å²) in [6.07, 6.45) is -6.23. The third-order valence-corrected chi connectivity index (χ3v) is 2.52. The largest absolute Gasteiger partial charge is 0.444 e. The zero-order valence-corrected chi connectivity index (χ0v) is 10.8. The number of alkyl halides is 3. The lowest BCUT2D eigenvalue weighted by Crippen LogP contribution is -2.59. The van der Waals surface area contributed by atoms with Crippen LogP contribution in [0.1, 0.15) is 20.8 Å². The maximum atomic E-state index is 13.4. The van der Waals surface area contributed by atoms with Gasteiger partial charge in [0, 0.05) is 19.6 Å². The van der Waals surface area contributed by atoms with Crippen LogP contribution in [0.4, 0.5) is 18.0 Å². The number of hydrogen-bond acceptors (Lipinski definition) is 3. The van der Waals surface area contributed by atoms with Gasteiger partial charge in [-0.05, 0) is 20.8 Å². The highest BCUT2D eigenvalue weighted by molar-refractivity contribution is 5.68. The van der Waals surface area contributed by atoms with Gasteiger partial charge in [0.2, 0.25) is 0 Å². The van der Waals surface area contributed by atoms with Gasteiger partial charge in [-0.2, -0.15) is 0 Å². The van der Waals surface area contributed by atoms with Crippen LogP contribution in [-0.2, 0) is 4.74 Å². The van der Waals surface area contributed by atoms with E-state index in [-0.39, 0.29) is 13.1 Å². The number of halogens is 3. The van der Waals surface area contributed by atoms with Crippen molar-refractivity contribution in [3.8, 4) is 0 Å². The van der Waals surface area contributed by atoms with E-state index in [9.17, 15) is 18.0 Å². The van der Waals surface area contributed by atoms with E-state index in [1.165, 1.54) is 0 Å². The van der Waals surface area contributed by atoms with Crippen LogP contribution in [0.3, 0.4) is 0 Å². The lowest BCUT2D eigenvalue weighted by atomic mass is 10.1. The van der Waals surface area contributed by atoms with Crippen molar-refractivity contribution in [1.82, 2.24) is 10.2 Å². The first-order chi connectivity index (χ1) is 8.22. The lowest BCUT2D eigenvalue weighted by molar-refractivity contribution is -0.0320. The highest BCUT2D eigenvalue weighted by Crippen LogP contribution is 2.20. The Hall–Kier alpha value is -0.980. The van der Waals surface area contributed by atoms with Gasteiger partial charge in [-0.15, -0.1) is 0 Å². The number of ether oxygens (including phenoxy) is 1. The van der Waals surface area contributed by atoms with Crippen LogP contribution >= 0.6 is 0 Å². The molecule has 2 atom stereocenters. The average Bonchev–Trinajstić information content (AvgIpc) is 2.25. The second-order valence-electron chi connectivity index (χ2n) is 5.22. The summed E-state index contributed by atoms with van der Waals surface area (Å²) < 4.78 is 43.3. The minimum atomic E-state index is -3.11. The summed E-state index contributed by atoms with van der Waals surface area (Å²) in [6, 6.07) is -1.19. The Morgan fingerprint density at radius 3 is 2.50 bits per heavy atom. The molecule has 18 heavy (non-hydrogen) atoms. The van der Waals surface area contributed by atoms with Gasteiger partial charge in [-0.25, -0.2) is 18.0 Å². The van der Waals surface area contributed by atoms with Gasteiger partial charge in [0.05, 0.1) is 6.04 Å². The minimum absolute atomic E-state index is 0.00471. The van der Waals surface area contributed by atoms with E-state index in [1.807, 2.05) is 0 Å². The fourth-order valence-corrected chi connectivity index (χ4v) is 1.73. The molecule has 7 heteroatoms. The molecule has 0 spiro atoms. The molecule has 2 unspecified atom stereocenters. The Balaban J connectivity index is 2.73. The summed E-state index contributed by atoms with van der Waals surface area (Å²) in [7, 11) is 0. The van der Waals surface area contributed by atoms with Gasteiger partial charge in [0.15, 0.2) is 6.17 Å². The van der Waals surface area contributed by atoms with E-state index in [1.54, 1.807) is 20.8 Å². The van der Waals surface area contributed by atoms with E-state index in [2.05, 4.69) is 5.32 Å². The molecule has 0 aromatic heterocycles. The molecule has 1 N–H and O–H groups in total. The predicted molar refractivity (Wildman–Crippen MR) is 60.5 cm³/mol. The summed E-state index contributed by atoms with van der Waals surface area (Å²) in [6.45, 7) is 5.61. The van der Waals surface area contributed by atoms with Crippen molar-refractivity contribution in [2.45, 2.75) is 45.0 Å². The van der Waals surface area contributed by atoms with E-state index in [0.29, 0.717) is 6.54 Å². The van der Waals surface area contributed by atoms with Gasteiger partial charge < -0.3 is 10.1 Å². The van der Waals surface area contributed by atoms with Crippen LogP contribution in [0.5, 0.6) is 0 Å². The summed E-state index contributed by atoms with van der Waals surface area (Å²) in [4.78, 5) is 12.9. The topological polar surface area (TPSA) is 41.6 Å². The molecule has 106 valence electrons. The van der Waals surface area contributed by atoms with Gasteiger partial charge >= 0.3 is 6.09 Å². The Morgan fingerprint density at radius 1 is 1.39 bits per heavy atom. The molecule has 0 saturated carbocycles. The maximum absolute atomic E-state index is 13.4. The van der Waals surface area contributed by atoms with Crippen LogP contribution in [0, 0.1) is 0 Å². The van der Waals surface area contributed by atoms with Gasteiger partial charge in [-0.3, -0.25) is 4.90 Å². The molecule has 1 fully saturated rings. The fraction of sp³-hybridized carbons (Fsp3) is 0.909. The number of carbonyl (C=O) groups excluding carboxylic acids is 1. The highest BCUT2D eigenvalue weighted by Gasteiger charge is 2.39. The first-order valence-electron chi connectivity index (χ1n) is 5.85. The number of carbonyl (C=O) groups is 1. The molecule has 0 aromatic carbocycles. The SMILES string of the molecule is CC(C)(C)OC(=O)N1CCNCC1C(F)C(F)F. The van der Waals surface area contributed by atoms with Crippen molar-refractivity contribution < 1.29 is 22.7 Å². The normalized spacial score (nSPS) is 23.1. The molecule has 0 bridgehead atoms. The number of nitrogens with zero attached hydrogens (tertiary/aromatic N) is 1. The third-order valence-electron chi connectivity index (χ3n) is 2.52. The van der Waals surface area contributed by atoms with Crippen molar-refractivity contribution in [3.63, 3.8) is 0 Å². The summed E-state index contributed by atoms with van der Waals surface area (Å²) >= 11 is 0. The van der Waals surface area contributed by atoms with Crippen molar-refractivity contribution in [2.24, 2.45) is 0 Å². The van der Waals surface area contributed by atoms with Gasteiger partial charge in [-0.1, -0.05) is 0 Å². The van der Waals surface area contributed by atoms with Crippen molar-refractivity contribution >= 4 is 6.09 Å². The molecule has 1 heterocycles. The summed E-state index contributed by atoms with van der Waals surface area (Å²) in [5.41, 5.74) is -0.733. The molecule has 1 saturated heterocycles. The molecule has 1 aliphatic heterocycles. The van der Waals surface area contributed by atoms with Crippen molar-refractivity contribution in [1.29, 1.82) is 0 Å². The van der Waals surface area contributed by atoms with E-state index in [4.69, 9.17) is 4.74 Å². The molecule has 0 aromatic rings. The zero-order chi connectivity index (χ0) is 13.9. The predicted octanol–water partition coefficient (Wildman–Crippen LogP) is 1.80. The zero-order valence-electron chi connectivity index (χ0n) is 10.8. The van der Waals surface area contributed by atoms with E-state index in [0.717, 1.165) is 4.90 Å². The number of rotatable bonds is 2. The van der Waals surface area contributed by atoms with Crippen LogP contribution in [0.2, 0.25) is 0 Å². The van der Waals surface area contributed by atoms with E-state index >= 15 is 0 Å². The maximum Gasteiger partial charge on any atom is 0.410 e. The van der Waals surface area contributed by atoms with E-state index < -0.39 is 30.3 Å². The lowest BCUT2D eigenvalue weighted by Gasteiger charge is -2.38. The summed E-state index contributed by atoms with van der Waals surface area (Å²) in [5.74, 6) is 0. The first kappa shape index (κ1) is 15.1. The number of nitrogens with one attached hydrogen (secondary N) is 1. The van der Waals surface area contributed by atoms with Crippen LogP contribution in [-0.4, -0.2) is 54.9 Å². The fourth-order valence-electron chi connectivity index (χ4n) is 1.73. The Labute approximate surface area is 104 Å². The molecule has 0 aliphatic carbocycles. The van der Waals surface area contributed by atoms with Gasteiger partial charge in [0.1, 0.15) is 5.60 Å². The molecule has 0 radical (unpaired) electrons. The third kappa shape index (κ3) is 4.04. The highest BCUT2D eigenvalue weighted by atomic mass is 19.3. The number of piperazine rings is 1. The van der Waals surface area contributed by atoms with Crippen LogP contribution in [0.15, 0.2) is 0 Å². The monoisotopic (exact) mass is 268 g/mol. The van der Waals surface area contributed by atoms with Crippen molar-refractivity contribution in [2.75, 3.05) is 19.6 Å². The second-order valence-corrected chi connectivity index (χ2v) is 5.22. The smallest absolute Gasteiger partial charge is 0.410 e. The Bertz CT molecular complexity index is 295. The average molecular weight is 268 g/mol. The van der Waals surface area contributed by atoms with Crippen molar-refractivity contribution in [3.05, 3.63) is 0 Å².